The first-order valence-electron chi connectivity index (χ1n) is 7.43. The number of nitrogens with zero attached hydrogens (tertiary/aromatic N) is 6. The van der Waals surface area contributed by atoms with Gasteiger partial charge in [-0.1, -0.05) is 49.3 Å². The number of rotatable bonds is 4. The Kier molecular flexibility index (Phi) is 3.85. The average molecular weight is 312 g/mol. The molecule has 2 aromatic heterocycles. The second-order valence-electron chi connectivity index (χ2n) is 6.36. The highest BCUT2D eigenvalue weighted by Gasteiger charge is 2.19. The molecule has 7 nitrogen and oxygen atoms in total. The van der Waals surface area contributed by atoms with Crippen LogP contribution in [0, 0.1) is 0 Å². The van der Waals surface area contributed by atoms with E-state index >= 15 is 0 Å². The summed E-state index contributed by atoms with van der Waals surface area (Å²) in [7, 11) is 1.82. The number of hydrogen-bond donors (Lipinski definition) is 0. The largest absolute Gasteiger partial charge is 0.467 e. The Morgan fingerprint density at radius 1 is 1.17 bits per heavy atom. The van der Waals surface area contributed by atoms with Gasteiger partial charge in [0.1, 0.15) is 12.9 Å². The van der Waals surface area contributed by atoms with Crippen LogP contribution in [0.15, 0.2) is 36.8 Å². The van der Waals surface area contributed by atoms with Gasteiger partial charge in [-0.2, -0.15) is 5.10 Å². The zero-order valence-corrected chi connectivity index (χ0v) is 13.8. The van der Waals surface area contributed by atoms with E-state index in [4.69, 9.17) is 4.74 Å². The third kappa shape index (κ3) is 3.23. The average Bonchev–Trinajstić information content (AvgIpc) is 3.13. The highest BCUT2D eigenvalue weighted by atomic mass is 16.5. The molecule has 7 heteroatoms. The Balaban J connectivity index is 1.81. The van der Waals surface area contributed by atoms with E-state index < -0.39 is 0 Å². The summed E-state index contributed by atoms with van der Waals surface area (Å²) in [4.78, 5) is 4.11. The molecule has 2 heterocycles. The van der Waals surface area contributed by atoms with E-state index in [0.717, 1.165) is 11.5 Å². The summed E-state index contributed by atoms with van der Waals surface area (Å²) in [5, 5.41) is 12.3. The Morgan fingerprint density at radius 2 is 1.96 bits per heavy atom. The quantitative estimate of drug-likeness (QED) is 0.739. The summed E-state index contributed by atoms with van der Waals surface area (Å²) in [6.45, 7) is 6.83. The Hall–Kier alpha value is -2.70. The van der Waals surface area contributed by atoms with Gasteiger partial charge in [0.05, 0.1) is 11.9 Å². The summed E-state index contributed by atoms with van der Waals surface area (Å²) >= 11 is 0. The summed E-state index contributed by atoms with van der Waals surface area (Å²) in [5.74, 6) is 1.19. The lowest BCUT2D eigenvalue weighted by molar-refractivity contribution is 0.278. The van der Waals surface area contributed by atoms with Crippen molar-refractivity contribution in [2.24, 2.45) is 7.05 Å². The molecule has 3 aromatic rings. The summed E-state index contributed by atoms with van der Waals surface area (Å²) in [6, 6.07) is 8.16. The molecule has 0 fully saturated rings. The van der Waals surface area contributed by atoms with Crippen molar-refractivity contribution >= 4 is 0 Å². The minimum Gasteiger partial charge on any atom is -0.467 e. The monoisotopic (exact) mass is 312 g/mol. The smallest absolute Gasteiger partial charge is 0.254 e. The van der Waals surface area contributed by atoms with Gasteiger partial charge in [0.15, 0.2) is 5.82 Å². The molecule has 0 saturated heterocycles. The number of para-hydroxylation sites is 1. The van der Waals surface area contributed by atoms with Crippen molar-refractivity contribution < 1.29 is 4.74 Å². The topological polar surface area (TPSA) is 70.7 Å². The molecule has 0 aliphatic carbocycles. The van der Waals surface area contributed by atoms with Gasteiger partial charge in [-0.15, -0.1) is 0 Å². The van der Waals surface area contributed by atoms with Crippen molar-refractivity contribution in [2.75, 3.05) is 0 Å². The zero-order chi connectivity index (χ0) is 16.4. The standard InChI is InChI=1S/C16H20N6O/c1-16(2,3)12-7-5-6-8-13(12)22-9-15(19-20-22)23-10-14-17-11-18-21(14)4/h5-9,11H,10H2,1-4H3. The lowest BCUT2D eigenvalue weighted by Crippen LogP contribution is -2.15. The Bertz CT molecular complexity index is 799. The van der Waals surface area contributed by atoms with Crippen molar-refractivity contribution in [1.29, 1.82) is 0 Å². The molecular formula is C16H20N6O. The SMILES string of the molecule is Cn1ncnc1COc1cn(-c2ccccc2C(C)(C)C)nn1. The number of hydrogen-bond acceptors (Lipinski definition) is 5. The predicted octanol–water partition coefficient (Wildman–Crippen LogP) is 2.27. The third-order valence-electron chi connectivity index (χ3n) is 3.59. The van der Waals surface area contributed by atoms with Crippen molar-refractivity contribution in [3.05, 3.63) is 48.2 Å². The predicted molar refractivity (Wildman–Crippen MR) is 85.4 cm³/mol. The molecule has 0 unspecified atom stereocenters. The number of ether oxygens (including phenoxy) is 1. The molecule has 0 atom stereocenters. The Labute approximate surface area is 134 Å². The van der Waals surface area contributed by atoms with E-state index in [-0.39, 0.29) is 5.41 Å². The van der Waals surface area contributed by atoms with Crippen molar-refractivity contribution in [1.82, 2.24) is 29.8 Å². The van der Waals surface area contributed by atoms with E-state index in [1.165, 1.54) is 11.9 Å². The van der Waals surface area contributed by atoms with Crippen LogP contribution < -0.4 is 4.74 Å². The molecule has 1 aromatic carbocycles. The molecule has 0 aliphatic rings. The van der Waals surface area contributed by atoms with E-state index in [0.29, 0.717) is 12.5 Å². The van der Waals surface area contributed by atoms with Gasteiger partial charge in [-0.25, -0.2) is 9.67 Å². The second kappa shape index (κ2) is 5.83. The van der Waals surface area contributed by atoms with Crippen LogP contribution in [0.4, 0.5) is 0 Å². The van der Waals surface area contributed by atoms with E-state index in [9.17, 15) is 0 Å². The fourth-order valence-corrected chi connectivity index (χ4v) is 2.33. The number of aryl methyl sites for hydroxylation is 1. The van der Waals surface area contributed by atoms with Gasteiger partial charge in [0.2, 0.25) is 0 Å². The van der Waals surface area contributed by atoms with Gasteiger partial charge in [0.25, 0.3) is 5.88 Å². The highest BCUT2D eigenvalue weighted by molar-refractivity contribution is 5.44. The van der Waals surface area contributed by atoms with Crippen LogP contribution in [0.3, 0.4) is 0 Å². The van der Waals surface area contributed by atoms with Crippen LogP contribution in [0.2, 0.25) is 0 Å². The molecule has 23 heavy (non-hydrogen) atoms. The molecule has 3 rings (SSSR count). The highest BCUT2D eigenvalue weighted by Crippen LogP contribution is 2.28. The summed E-state index contributed by atoms with van der Waals surface area (Å²) in [6.07, 6.45) is 3.27. The Morgan fingerprint density at radius 3 is 2.65 bits per heavy atom. The zero-order valence-electron chi connectivity index (χ0n) is 13.8. The van der Waals surface area contributed by atoms with Crippen LogP contribution in [-0.4, -0.2) is 29.8 Å². The molecule has 0 aliphatic heterocycles. The van der Waals surface area contributed by atoms with Gasteiger partial charge < -0.3 is 4.74 Å². The first-order valence-corrected chi connectivity index (χ1v) is 7.43. The third-order valence-corrected chi connectivity index (χ3v) is 3.59. The molecule has 0 saturated carbocycles. The lowest BCUT2D eigenvalue weighted by atomic mass is 9.86. The van der Waals surface area contributed by atoms with Crippen LogP contribution in [0.5, 0.6) is 5.88 Å². The molecular weight excluding hydrogens is 292 g/mol. The molecule has 0 spiro atoms. The molecule has 120 valence electrons. The van der Waals surface area contributed by atoms with Gasteiger partial charge in [-0.05, 0) is 17.0 Å². The van der Waals surface area contributed by atoms with E-state index in [1.54, 1.807) is 15.6 Å². The fourth-order valence-electron chi connectivity index (χ4n) is 2.33. The minimum absolute atomic E-state index is 0.0161. The van der Waals surface area contributed by atoms with Crippen molar-refractivity contribution in [3.63, 3.8) is 0 Å². The lowest BCUT2D eigenvalue weighted by Gasteiger charge is -2.22. The van der Waals surface area contributed by atoms with Gasteiger partial charge in [0, 0.05) is 7.05 Å². The van der Waals surface area contributed by atoms with Crippen LogP contribution in [0.1, 0.15) is 32.2 Å². The van der Waals surface area contributed by atoms with Crippen molar-refractivity contribution in [3.8, 4) is 11.6 Å². The molecule has 0 bridgehead atoms. The first kappa shape index (κ1) is 15.2. The van der Waals surface area contributed by atoms with Crippen molar-refractivity contribution in [2.45, 2.75) is 32.8 Å². The molecule has 0 amide bonds. The maximum atomic E-state index is 5.64. The molecule has 0 radical (unpaired) electrons. The summed E-state index contributed by atoms with van der Waals surface area (Å²) in [5.41, 5.74) is 2.22. The van der Waals surface area contributed by atoms with Crippen LogP contribution in [0.25, 0.3) is 5.69 Å². The van der Waals surface area contributed by atoms with Crippen LogP contribution >= 0.6 is 0 Å². The number of benzene rings is 1. The molecule has 0 N–H and O–H groups in total. The fraction of sp³-hybridized carbons (Fsp3) is 0.375. The second-order valence-corrected chi connectivity index (χ2v) is 6.36. The maximum absolute atomic E-state index is 5.64. The van der Waals surface area contributed by atoms with Crippen LogP contribution in [-0.2, 0) is 19.1 Å². The normalized spacial score (nSPS) is 11.7. The van der Waals surface area contributed by atoms with Gasteiger partial charge >= 0.3 is 0 Å². The summed E-state index contributed by atoms with van der Waals surface area (Å²) < 4.78 is 9.05. The first-order chi connectivity index (χ1) is 10.9. The maximum Gasteiger partial charge on any atom is 0.254 e. The number of aromatic nitrogens is 6. The van der Waals surface area contributed by atoms with E-state index in [2.05, 4.69) is 47.2 Å². The van der Waals surface area contributed by atoms with E-state index in [1.807, 2.05) is 25.2 Å². The van der Waals surface area contributed by atoms with Gasteiger partial charge in [-0.3, -0.25) is 4.68 Å². The minimum atomic E-state index is 0.0161.